The molecule has 0 saturated carbocycles. The number of pyridine rings is 1. The quantitative estimate of drug-likeness (QED) is 0.842. The first kappa shape index (κ1) is 18.7. The summed E-state index contributed by atoms with van der Waals surface area (Å²) in [6.45, 7) is -2.30. The topological polar surface area (TPSA) is 59.8 Å². The summed E-state index contributed by atoms with van der Waals surface area (Å²) in [4.78, 5) is 19.4. The molecule has 5 nitrogen and oxygen atoms in total. The van der Waals surface area contributed by atoms with Crippen molar-refractivity contribution in [2.75, 3.05) is 6.54 Å². The number of imidazole rings is 1. The van der Waals surface area contributed by atoms with E-state index in [9.17, 15) is 35.5 Å². The van der Waals surface area contributed by atoms with Gasteiger partial charge in [-0.2, -0.15) is 26.3 Å². The second-order valence-corrected chi connectivity index (χ2v) is 4.85. The molecule has 0 spiro atoms. The van der Waals surface area contributed by atoms with E-state index in [0.29, 0.717) is 0 Å². The minimum atomic E-state index is -6.24. The third kappa shape index (κ3) is 3.72. The number of carbonyl (C=O) groups excluding carboxylic acids is 1. The number of hydrogen-bond acceptors (Lipinski definition) is 3. The molecule has 1 amide bonds. The van der Waals surface area contributed by atoms with Crippen LogP contribution in [0.4, 0.5) is 30.7 Å². The molecule has 12 heteroatoms. The van der Waals surface area contributed by atoms with E-state index in [2.05, 4.69) is 9.97 Å². The highest BCUT2D eigenvalue weighted by molar-refractivity contribution is 5.94. The lowest BCUT2D eigenvalue weighted by atomic mass is 10.1. The fraction of sp³-hybridized carbons (Fsp3) is 0.308. The van der Waals surface area contributed by atoms with Crippen LogP contribution in [-0.4, -0.2) is 45.0 Å². The van der Waals surface area contributed by atoms with Gasteiger partial charge in [-0.05, 0) is 12.1 Å². The summed E-state index contributed by atoms with van der Waals surface area (Å²) < 4.78 is 89.5. The van der Waals surface area contributed by atoms with E-state index in [1.54, 1.807) is 0 Å². The Labute approximate surface area is 135 Å². The molecule has 0 fully saturated rings. The van der Waals surface area contributed by atoms with Crippen molar-refractivity contribution in [1.82, 2.24) is 19.9 Å². The molecule has 2 heterocycles. The van der Waals surface area contributed by atoms with E-state index in [-0.39, 0.29) is 11.4 Å². The number of hydrogen-bond donors (Lipinski definition) is 1. The molecule has 2 aromatic heterocycles. The zero-order valence-electron chi connectivity index (χ0n) is 12.1. The zero-order chi connectivity index (χ0) is 18.9. The molecule has 136 valence electrons. The molecular formula is C13H9F7N4O. The van der Waals surface area contributed by atoms with E-state index in [4.69, 9.17) is 0 Å². The Kier molecular flexibility index (Phi) is 4.73. The fourth-order valence-electron chi connectivity index (χ4n) is 1.76. The lowest BCUT2D eigenvalue weighted by Crippen LogP contribution is -2.59. The Bertz CT molecular complexity index is 726. The van der Waals surface area contributed by atoms with E-state index >= 15 is 0 Å². The van der Waals surface area contributed by atoms with Crippen molar-refractivity contribution in [3.05, 3.63) is 42.6 Å². The molecule has 0 aromatic carbocycles. The summed E-state index contributed by atoms with van der Waals surface area (Å²) >= 11 is 0. The van der Waals surface area contributed by atoms with Gasteiger partial charge in [0.1, 0.15) is 12.1 Å². The number of rotatable bonds is 4. The van der Waals surface area contributed by atoms with Gasteiger partial charge in [0.05, 0.1) is 6.54 Å². The highest BCUT2D eigenvalue weighted by Crippen LogP contribution is 2.45. The number of amides is 1. The summed E-state index contributed by atoms with van der Waals surface area (Å²) in [7, 11) is 0. The second kappa shape index (κ2) is 6.33. The monoisotopic (exact) mass is 370 g/mol. The number of nitrogens with one attached hydrogen (secondary N) is 1. The molecule has 0 aliphatic rings. The average molecular weight is 370 g/mol. The SMILES string of the molecule is O=C(NCC(F)(C(F)(F)F)C(F)(F)F)c1ccnc(-n2ccnc2)c1. The number of nitrogens with zero attached hydrogens (tertiary/aromatic N) is 3. The van der Waals surface area contributed by atoms with Crippen LogP contribution in [0.25, 0.3) is 5.82 Å². The maximum atomic E-state index is 13.5. The maximum Gasteiger partial charge on any atom is 0.433 e. The molecule has 0 aliphatic heterocycles. The Hall–Kier alpha value is -2.66. The van der Waals surface area contributed by atoms with Gasteiger partial charge in [0, 0.05) is 24.2 Å². The lowest BCUT2D eigenvalue weighted by molar-refractivity contribution is -0.338. The van der Waals surface area contributed by atoms with Crippen LogP contribution < -0.4 is 5.32 Å². The van der Waals surface area contributed by atoms with Crippen molar-refractivity contribution in [2.24, 2.45) is 0 Å². The lowest BCUT2D eigenvalue weighted by Gasteiger charge is -2.29. The minimum Gasteiger partial charge on any atom is -0.348 e. The molecule has 2 rings (SSSR count). The van der Waals surface area contributed by atoms with Gasteiger partial charge in [-0.3, -0.25) is 9.36 Å². The molecule has 0 atom stereocenters. The largest absolute Gasteiger partial charge is 0.433 e. The highest BCUT2D eigenvalue weighted by Gasteiger charge is 2.72. The zero-order valence-corrected chi connectivity index (χ0v) is 12.1. The number of alkyl halides is 7. The van der Waals surface area contributed by atoms with Crippen molar-refractivity contribution < 1.29 is 35.5 Å². The van der Waals surface area contributed by atoms with Gasteiger partial charge in [-0.1, -0.05) is 0 Å². The first-order chi connectivity index (χ1) is 11.5. The summed E-state index contributed by atoms with van der Waals surface area (Å²) in [5.41, 5.74) is -5.86. The predicted molar refractivity (Wildman–Crippen MR) is 69.6 cm³/mol. The van der Waals surface area contributed by atoms with Crippen molar-refractivity contribution in [3.63, 3.8) is 0 Å². The normalized spacial score (nSPS) is 12.9. The van der Waals surface area contributed by atoms with Crippen LogP contribution in [0.1, 0.15) is 10.4 Å². The third-order valence-electron chi connectivity index (χ3n) is 3.17. The molecule has 0 radical (unpaired) electrons. The van der Waals surface area contributed by atoms with E-state index < -0.39 is 30.5 Å². The number of halogens is 7. The minimum absolute atomic E-state index is 0.142. The van der Waals surface area contributed by atoms with E-state index in [0.717, 1.165) is 18.3 Å². The molecule has 2 aromatic rings. The first-order valence-electron chi connectivity index (χ1n) is 6.51. The summed E-state index contributed by atoms with van der Waals surface area (Å²) in [5.74, 6) is -1.18. The molecule has 0 saturated heterocycles. The van der Waals surface area contributed by atoms with Crippen LogP contribution in [0.3, 0.4) is 0 Å². The van der Waals surface area contributed by atoms with Crippen molar-refractivity contribution in [1.29, 1.82) is 0 Å². The van der Waals surface area contributed by atoms with Gasteiger partial charge in [0.15, 0.2) is 0 Å². The number of aromatic nitrogens is 3. The van der Waals surface area contributed by atoms with Gasteiger partial charge in [-0.25, -0.2) is 14.4 Å². The van der Waals surface area contributed by atoms with E-state index in [1.807, 2.05) is 0 Å². The fourth-order valence-corrected chi connectivity index (χ4v) is 1.76. The Morgan fingerprint density at radius 3 is 2.24 bits per heavy atom. The van der Waals surface area contributed by atoms with Crippen molar-refractivity contribution >= 4 is 5.91 Å². The van der Waals surface area contributed by atoms with Crippen LogP contribution in [0.5, 0.6) is 0 Å². The van der Waals surface area contributed by atoms with Gasteiger partial charge < -0.3 is 5.32 Å². The van der Waals surface area contributed by atoms with Gasteiger partial charge in [0.25, 0.3) is 5.91 Å². The Morgan fingerprint density at radius 1 is 1.08 bits per heavy atom. The molecule has 0 aliphatic carbocycles. The smallest absolute Gasteiger partial charge is 0.348 e. The van der Waals surface area contributed by atoms with Gasteiger partial charge in [-0.15, -0.1) is 0 Å². The van der Waals surface area contributed by atoms with Gasteiger partial charge in [0.2, 0.25) is 0 Å². The first-order valence-corrected chi connectivity index (χ1v) is 6.51. The molecule has 25 heavy (non-hydrogen) atoms. The summed E-state index contributed by atoms with van der Waals surface area (Å²) in [6.07, 6.45) is -7.22. The standard InChI is InChI=1S/C13H9F7N4O/c14-11(12(15,16)17,13(18,19)20)6-23-10(25)8-1-2-22-9(5-8)24-4-3-21-7-24/h1-5,7H,6H2,(H,23,25). The highest BCUT2D eigenvalue weighted by atomic mass is 19.4. The average Bonchev–Trinajstić information content (AvgIpc) is 3.04. The Morgan fingerprint density at radius 2 is 1.72 bits per heavy atom. The van der Waals surface area contributed by atoms with Gasteiger partial charge >= 0.3 is 18.0 Å². The molecule has 0 bridgehead atoms. The molecule has 0 unspecified atom stereocenters. The summed E-state index contributed by atoms with van der Waals surface area (Å²) in [6, 6.07) is 2.15. The maximum absolute atomic E-state index is 13.5. The van der Waals surface area contributed by atoms with Crippen LogP contribution in [0.2, 0.25) is 0 Å². The Balaban J connectivity index is 2.18. The van der Waals surface area contributed by atoms with E-state index in [1.165, 1.54) is 28.6 Å². The van der Waals surface area contributed by atoms with Crippen LogP contribution in [0.15, 0.2) is 37.1 Å². The van der Waals surface area contributed by atoms with Crippen LogP contribution in [0, 0.1) is 0 Å². The predicted octanol–water partition coefficient (Wildman–Crippen LogP) is 2.83. The summed E-state index contributed by atoms with van der Waals surface area (Å²) in [5, 5.41) is 1.32. The number of carbonyl (C=O) groups is 1. The van der Waals surface area contributed by atoms with Crippen molar-refractivity contribution in [3.8, 4) is 5.82 Å². The molecule has 1 N–H and O–H groups in total. The molecular weight excluding hydrogens is 361 g/mol. The third-order valence-corrected chi connectivity index (χ3v) is 3.17. The van der Waals surface area contributed by atoms with Crippen molar-refractivity contribution in [2.45, 2.75) is 18.0 Å². The second-order valence-electron chi connectivity index (χ2n) is 4.85. The van der Waals surface area contributed by atoms with Crippen LogP contribution in [-0.2, 0) is 0 Å². The van der Waals surface area contributed by atoms with Crippen LogP contribution >= 0.6 is 0 Å².